The quantitative estimate of drug-likeness (QED) is 0.190. The van der Waals surface area contributed by atoms with E-state index in [1.165, 1.54) is 16.7 Å². The molecule has 0 spiro atoms. The van der Waals surface area contributed by atoms with Crippen LogP contribution in [0.25, 0.3) is 11.1 Å². The molecule has 36 heavy (non-hydrogen) atoms. The van der Waals surface area contributed by atoms with Crippen LogP contribution in [-0.4, -0.2) is 51.4 Å². The lowest BCUT2D eigenvalue weighted by Gasteiger charge is -2.16. The highest BCUT2D eigenvalue weighted by molar-refractivity contribution is 5.97. The molecule has 0 unspecified atom stereocenters. The van der Waals surface area contributed by atoms with Gasteiger partial charge >= 0.3 is 0 Å². The summed E-state index contributed by atoms with van der Waals surface area (Å²) in [7, 11) is 0. The maximum absolute atomic E-state index is 8.69. The third-order valence-electron chi connectivity index (χ3n) is 5.74. The zero-order chi connectivity index (χ0) is 25.4. The van der Waals surface area contributed by atoms with Gasteiger partial charge in [-0.2, -0.15) is 0 Å². The van der Waals surface area contributed by atoms with Crippen LogP contribution in [0.4, 0.5) is 0 Å². The predicted octanol–water partition coefficient (Wildman–Crippen LogP) is 6.25. The molecule has 3 aromatic rings. The molecule has 0 fully saturated rings. The minimum atomic E-state index is 0.0274. The van der Waals surface area contributed by atoms with Gasteiger partial charge in [0.15, 0.2) is 0 Å². The Kier molecular flexibility index (Phi) is 12.0. The number of rotatable bonds is 16. The number of ether oxygens (including phenoxy) is 4. The summed E-state index contributed by atoms with van der Waals surface area (Å²) in [6, 6.07) is 27.0. The lowest BCUT2D eigenvalue weighted by molar-refractivity contribution is 0.0247. The number of unbranched alkanes of at least 4 members (excludes halogenated alkanes) is 1. The van der Waals surface area contributed by atoms with Crippen LogP contribution >= 0.6 is 0 Å². The molecule has 0 aromatic heterocycles. The lowest BCUT2D eigenvalue weighted by atomic mass is 9.90. The molecule has 3 rings (SSSR count). The molecule has 0 amide bonds. The summed E-state index contributed by atoms with van der Waals surface area (Å²) < 4.78 is 22.4. The van der Waals surface area contributed by atoms with Gasteiger partial charge in [0.05, 0.1) is 39.6 Å². The molecule has 0 atom stereocenters. The molecular formula is C31H38O5. The first-order chi connectivity index (χ1) is 17.7. The Morgan fingerprint density at radius 3 is 1.69 bits per heavy atom. The second kappa shape index (κ2) is 15.8. The van der Waals surface area contributed by atoms with Crippen LogP contribution in [-0.2, 0) is 9.47 Å². The molecule has 0 aliphatic rings. The number of hydrogen-bond donors (Lipinski definition) is 1. The van der Waals surface area contributed by atoms with Gasteiger partial charge in [-0.3, -0.25) is 0 Å². The van der Waals surface area contributed by atoms with Crippen LogP contribution in [0, 0.1) is 0 Å². The van der Waals surface area contributed by atoms with Crippen LogP contribution in [0.3, 0.4) is 0 Å². The SMILES string of the molecule is CCCCOc1ccc(/C(=C(/C)c2ccccc2)c2ccc(OCCOCCOCCO)cc2)cc1. The van der Waals surface area contributed by atoms with Crippen molar-refractivity contribution in [2.24, 2.45) is 0 Å². The van der Waals surface area contributed by atoms with Gasteiger partial charge in [0.25, 0.3) is 0 Å². The van der Waals surface area contributed by atoms with E-state index in [4.69, 9.17) is 24.1 Å². The van der Waals surface area contributed by atoms with Crippen molar-refractivity contribution in [1.29, 1.82) is 0 Å². The van der Waals surface area contributed by atoms with E-state index < -0.39 is 0 Å². The van der Waals surface area contributed by atoms with Gasteiger partial charge in [0.1, 0.15) is 18.1 Å². The molecule has 0 aliphatic carbocycles. The summed E-state index contributed by atoms with van der Waals surface area (Å²) in [5.41, 5.74) is 5.85. The minimum Gasteiger partial charge on any atom is -0.494 e. The minimum absolute atomic E-state index is 0.0274. The second-order valence-corrected chi connectivity index (χ2v) is 8.41. The normalized spacial score (nSPS) is 11.8. The van der Waals surface area contributed by atoms with Crippen molar-refractivity contribution in [3.63, 3.8) is 0 Å². The van der Waals surface area contributed by atoms with Gasteiger partial charge in [-0.25, -0.2) is 0 Å². The third kappa shape index (κ3) is 8.83. The van der Waals surface area contributed by atoms with Crippen LogP contribution in [0.2, 0.25) is 0 Å². The van der Waals surface area contributed by atoms with Gasteiger partial charge in [-0.05, 0) is 65.4 Å². The third-order valence-corrected chi connectivity index (χ3v) is 5.74. The van der Waals surface area contributed by atoms with Gasteiger partial charge < -0.3 is 24.1 Å². The van der Waals surface area contributed by atoms with Crippen molar-refractivity contribution in [2.45, 2.75) is 26.7 Å². The first-order valence-corrected chi connectivity index (χ1v) is 12.7. The molecule has 0 saturated heterocycles. The Balaban J connectivity index is 1.71. The summed E-state index contributed by atoms with van der Waals surface area (Å²) >= 11 is 0. The molecule has 1 N–H and O–H groups in total. The van der Waals surface area contributed by atoms with Crippen molar-refractivity contribution in [3.05, 3.63) is 95.6 Å². The van der Waals surface area contributed by atoms with E-state index in [2.05, 4.69) is 74.5 Å². The van der Waals surface area contributed by atoms with E-state index >= 15 is 0 Å². The van der Waals surface area contributed by atoms with Gasteiger partial charge in [0, 0.05) is 0 Å². The zero-order valence-electron chi connectivity index (χ0n) is 21.4. The van der Waals surface area contributed by atoms with E-state index in [0.29, 0.717) is 33.0 Å². The summed E-state index contributed by atoms with van der Waals surface area (Å²) in [5, 5.41) is 8.69. The number of aliphatic hydroxyl groups excluding tert-OH is 1. The molecular weight excluding hydrogens is 452 g/mol. The molecule has 192 valence electrons. The second-order valence-electron chi connectivity index (χ2n) is 8.41. The van der Waals surface area contributed by atoms with Crippen molar-refractivity contribution in [1.82, 2.24) is 0 Å². The van der Waals surface area contributed by atoms with Gasteiger partial charge in [-0.1, -0.05) is 67.9 Å². The van der Waals surface area contributed by atoms with Gasteiger partial charge in [0.2, 0.25) is 0 Å². The topological polar surface area (TPSA) is 57.2 Å². The Morgan fingerprint density at radius 1 is 0.611 bits per heavy atom. The maximum Gasteiger partial charge on any atom is 0.119 e. The summed E-state index contributed by atoms with van der Waals surface area (Å²) in [6.07, 6.45) is 2.17. The van der Waals surface area contributed by atoms with Crippen LogP contribution < -0.4 is 9.47 Å². The first-order valence-electron chi connectivity index (χ1n) is 12.7. The number of benzene rings is 3. The van der Waals surface area contributed by atoms with E-state index in [1.54, 1.807) is 0 Å². The number of allylic oxidation sites excluding steroid dienone is 1. The van der Waals surface area contributed by atoms with Crippen LogP contribution in [0.1, 0.15) is 43.4 Å². The van der Waals surface area contributed by atoms with Gasteiger partial charge in [-0.15, -0.1) is 0 Å². The van der Waals surface area contributed by atoms with Crippen molar-refractivity contribution < 1.29 is 24.1 Å². The molecule has 0 radical (unpaired) electrons. The summed E-state index contributed by atoms with van der Waals surface area (Å²) in [5.74, 6) is 1.70. The van der Waals surface area contributed by atoms with Crippen molar-refractivity contribution in [3.8, 4) is 11.5 Å². The summed E-state index contributed by atoms with van der Waals surface area (Å²) in [4.78, 5) is 0. The van der Waals surface area contributed by atoms with E-state index in [9.17, 15) is 0 Å². The molecule has 0 aliphatic heterocycles. The highest BCUT2D eigenvalue weighted by Crippen LogP contribution is 2.33. The molecule has 3 aromatic carbocycles. The predicted molar refractivity (Wildman–Crippen MR) is 146 cm³/mol. The van der Waals surface area contributed by atoms with Crippen molar-refractivity contribution in [2.75, 3.05) is 46.2 Å². The lowest BCUT2D eigenvalue weighted by Crippen LogP contribution is -2.11. The van der Waals surface area contributed by atoms with Crippen LogP contribution in [0.5, 0.6) is 11.5 Å². The zero-order valence-corrected chi connectivity index (χ0v) is 21.4. The van der Waals surface area contributed by atoms with Crippen LogP contribution in [0.15, 0.2) is 78.9 Å². The Hall–Kier alpha value is -3.12. The first kappa shape index (κ1) is 27.5. The monoisotopic (exact) mass is 490 g/mol. The fourth-order valence-corrected chi connectivity index (χ4v) is 3.81. The average molecular weight is 491 g/mol. The Bertz CT molecular complexity index is 1030. The molecule has 5 nitrogen and oxygen atoms in total. The van der Waals surface area contributed by atoms with E-state index in [0.717, 1.165) is 42.1 Å². The smallest absolute Gasteiger partial charge is 0.119 e. The molecule has 0 heterocycles. The summed E-state index contributed by atoms with van der Waals surface area (Å²) in [6.45, 7) is 7.34. The Morgan fingerprint density at radius 2 is 1.14 bits per heavy atom. The molecule has 5 heteroatoms. The average Bonchev–Trinajstić information content (AvgIpc) is 2.92. The number of aliphatic hydroxyl groups is 1. The molecule has 0 saturated carbocycles. The standard InChI is InChI=1S/C31H38O5/c1-3-4-19-35-29-14-10-27(11-15-29)31(25(2)26-8-6-5-7-9-26)28-12-16-30(17-13-28)36-24-23-34-22-21-33-20-18-32/h5-17,32H,3-4,18-24H2,1-2H3/b31-25+. The van der Waals surface area contributed by atoms with Crippen molar-refractivity contribution >= 4 is 11.1 Å². The van der Waals surface area contributed by atoms with E-state index in [-0.39, 0.29) is 6.61 Å². The highest BCUT2D eigenvalue weighted by atomic mass is 16.5. The molecule has 0 bridgehead atoms. The largest absolute Gasteiger partial charge is 0.494 e. The number of hydrogen-bond acceptors (Lipinski definition) is 5. The maximum atomic E-state index is 8.69. The highest BCUT2D eigenvalue weighted by Gasteiger charge is 2.12. The fraction of sp³-hybridized carbons (Fsp3) is 0.355. The fourth-order valence-electron chi connectivity index (χ4n) is 3.81. The Labute approximate surface area is 215 Å². The van der Waals surface area contributed by atoms with E-state index in [1.807, 2.05) is 18.2 Å².